The topological polar surface area (TPSA) is 40.5 Å². The van der Waals surface area contributed by atoms with Gasteiger partial charge in [0.15, 0.2) is 0 Å². The van der Waals surface area contributed by atoms with Gasteiger partial charge in [-0.15, -0.1) is 0 Å². The largest absolute Gasteiger partial charge is 0.508 e. The second kappa shape index (κ2) is 8.27. The number of hydrogen-bond acceptors (Lipinski definition) is 2. The fourth-order valence-corrected chi connectivity index (χ4v) is 4.28. The molecule has 2 atom stereocenters. The van der Waals surface area contributed by atoms with E-state index < -0.39 is 0 Å². The first-order valence-corrected chi connectivity index (χ1v) is 9.93. The van der Waals surface area contributed by atoms with Crippen LogP contribution in [0.4, 0.5) is 0 Å². The molecule has 1 aliphatic rings. The first-order valence-electron chi connectivity index (χ1n) is 9.93. The van der Waals surface area contributed by atoms with Gasteiger partial charge < -0.3 is 10.2 Å². The standard InChI is InChI=1S/C22H36O2/c1-5-6-7-10-13-22(3,4)17-14-19(23)21(20(24)15-17)18-12-9-8-11-16(18)2/h14-16,18,23-24H,5-13H2,1-4H3. The zero-order valence-corrected chi connectivity index (χ0v) is 16.1. The molecule has 0 amide bonds. The van der Waals surface area contributed by atoms with Crippen molar-refractivity contribution in [1.82, 2.24) is 0 Å². The quantitative estimate of drug-likeness (QED) is 0.549. The van der Waals surface area contributed by atoms with Crippen molar-refractivity contribution in [3.8, 4) is 11.5 Å². The SMILES string of the molecule is CCCCCCC(C)(C)c1cc(O)c(C2CCCCC2C)c(O)c1. The summed E-state index contributed by atoms with van der Waals surface area (Å²) >= 11 is 0. The first kappa shape index (κ1) is 19.1. The third-order valence-corrected chi connectivity index (χ3v) is 6.06. The van der Waals surface area contributed by atoms with Crippen LogP contribution in [-0.4, -0.2) is 10.2 Å². The molecule has 0 aliphatic heterocycles. The van der Waals surface area contributed by atoms with Crippen molar-refractivity contribution in [1.29, 1.82) is 0 Å². The van der Waals surface area contributed by atoms with Crippen LogP contribution >= 0.6 is 0 Å². The maximum absolute atomic E-state index is 10.7. The summed E-state index contributed by atoms with van der Waals surface area (Å²) in [5, 5.41) is 21.3. The molecule has 1 aliphatic carbocycles. The fraction of sp³-hybridized carbons (Fsp3) is 0.727. The Bertz CT molecular complexity index is 510. The van der Waals surface area contributed by atoms with Crippen LogP contribution in [0.25, 0.3) is 0 Å². The average Bonchev–Trinajstić information content (AvgIpc) is 2.52. The van der Waals surface area contributed by atoms with E-state index >= 15 is 0 Å². The summed E-state index contributed by atoms with van der Waals surface area (Å²) in [7, 11) is 0. The number of benzene rings is 1. The van der Waals surface area contributed by atoms with Crippen LogP contribution in [0.5, 0.6) is 11.5 Å². The lowest BCUT2D eigenvalue weighted by atomic mass is 9.74. The van der Waals surface area contributed by atoms with Crippen molar-refractivity contribution < 1.29 is 10.2 Å². The van der Waals surface area contributed by atoms with Crippen molar-refractivity contribution in [2.75, 3.05) is 0 Å². The molecule has 24 heavy (non-hydrogen) atoms. The van der Waals surface area contributed by atoms with Gasteiger partial charge in [-0.25, -0.2) is 0 Å². The van der Waals surface area contributed by atoms with Gasteiger partial charge in [-0.2, -0.15) is 0 Å². The van der Waals surface area contributed by atoms with Gasteiger partial charge in [0.25, 0.3) is 0 Å². The maximum Gasteiger partial charge on any atom is 0.123 e. The van der Waals surface area contributed by atoms with E-state index in [9.17, 15) is 10.2 Å². The predicted molar refractivity (Wildman–Crippen MR) is 102 cm³/mol. The van der Waals surface area contributed by atoms with E-state index in [1.165, 1.54) is 44.9 Å². The van der Waals surface area contributed by atoms with Gasteiger partial charge in [-0.05, 0) is 47.8 Å². The molecule has 0 saturated heterocycles. The molecule has 2 unspecified atom stereocenters. The molecule has 1 fully saturated rings. The Morgan fingerprint density at radius 1 is 1.00 bits per heavy atom. The predicted octanol–water partition coefficient (Wildman–Crippen LogP) is 6.64. The van der Waals surface area contributed by atoms with Crippen molar-refractivity contribution in [3.63, 3.8) is 0 Å². The Kier molecular flexibility index (Phi) is 6.60. The molecule has 136 valence electrons. The molecule has 2 rings (SSSR count). The van der Waals surface area contributed by atoms with Crippen molar-refractivity contribution in [2.45, 2.75) is 96.8 Å². The van der Waals surface area contributed by atoms with Gasteiger partial charge in [0, 0.05) is 5.56 Å². The van der Waals surface area contributed by atoms with Crippen LogP contribution in [0, 0.1) is 5.92 Å². The van der Waals surface area contributed by atoms with Crippen LogP contribution in [0.1, 0.15) is 103 Å². The zero-order valence-electron chi connectivity index (χ0n) is 16.1. The number of rotatable bonds is 7. The summed E-state index contributed by atoms with van der Waals surface area (Å²) in [5.74, 6) is 1.42. The van der Waals surface area contributed by atoms with E-state index in [-0.39, 0.29) is 5.41 Å². The molecule has 2 N–H and O–H groups in total. The third-order valence-electron chi connectivity index (χ3n) is 6.06. The van der Waals surface area contributed by atoms with Gasteiger partial charge in [-0.3, -0.25) is 0 Å². The molecular weight excluding hydrogens is 296 g/mol. The summed E-state index contributed by atoms with van der Waals surface area (Å²) in [6.45, 7) is 8.91. The Balaban J connectivity index is 2.19. The highest BCUT2D eigenvalue weighted by molar-refractivity contribution is 5.50. The number of hydrogen-bond donors (Lipinski definition) is 2. The Morgan fingerprint density at radius 2 is 1.62 bits per heavy atom. The minimum atomic E-state index is -0.0145. The van der Waals surface area contributed by atoms with Crippen molar-refractivity contribution >= 4 is 0 Å². The first-order chi connectivity index (χ1) is 11.4. The number of aromatic hydroxyl groups is 2. The number of phenols is 2. The van der Waals surface area contributed by atoms with Crippen LogP contribution in [0.3, 0.4) is 0 Å². The lowest BCUT2D eigenvalue weighted by Gasteiger charge is -2.32. The normalized spacial score (nSPS) is 21.8. The molecule has 2 heteroatoms. The van der Waals surface area contributed by atoms with Crippen LogP contribution < -0.4 is 0 Å². The smallest absolute Gasteiger partial charge is 0.123 e. The third kappa shape index (κ3) is 4.46. The molecule has 1 aromatic rings. The maximum atomic E-state index is 10.7. The fourth-order valence-electron chi connectivity index (χ4n) is 4.28. The zero-order chi connectivity index (χ0) is 17.7. The van der Waals surface area contributed by atoms with Crippen LogP contribution in [0.15, 0.2) is 12.1 Å². The monoisotopic (exact) mass is 332 g/mol. The van der Waals surface area contributed by atoms with Crippen LogP contribution in [0.2, 0.25) is 0 Å². The number of unbranched alkanes of at least 4 members (excludes halogenated alkanes) is 3. The average molecular weight is 333 g/mol. The lowest BCUT2D eigenvalue weighted by molar-refractivity contribution is 0.311. The highest BCUT2D eigenvalue weighted by Gasteiger charge is 2.30. The molecule has 1 aromatic carbocycles. The number of phenolic OH excluding ortho intramolecular Hbond substituents is 2. The summed E-state index contributed by atoms with van der Waals surface area (Å²) in [5.41, 5.74) is 1.83. The molecule has 0 radical (unpaired) electrons. The molecule has 0 bridgehead atoms. The van der Waals surface area contributed by atoms with E-state index in [1.807, 2.05) is 12.1 Å². The van der Waals surface area contributed by atoms with E-state index in [1.54, 1.807) is 0 Å². The van der Waals surface area contributed by atoms with Crippen molar-refractivity contribution in [3.05, 3.63) is 23.3 Å². The van der Waals surface area contributed by atoms with E-state index in [2.05, 4.69) is 27.7 Å². The van der Waals surface area contributed by atoms with E-state index in [4.69, 9.17) is 0 Å². The van der Waals surface area contributed by atoms with Crippen molar-refractivity contribution in [2.24, 2.45) is 5.92 Å². The molecule has 0 spiro atoms. The van der Waals surface area contributed by atoms with Gasteiger partial charge in [-0.1, -0.05) is 72.6 Å². The molecule has 2 nitrogen and oxygen atoms in total. The van der Waals surface area contributed by atoms with E-state index in [0.29, 0.717) is 23.3 Å². The van der Waals surface area contributed by atoms with Gasteiger partial charge in [0.05, 0.1) is 0 Å². The van der Waals surface area contributed by atoms with E-state index in [0.717, 1.165) is 24.0 Å². The second-order valence-electron chi connectivity index (χ2n) is 8.49. The Morgan fingerprint density at radius 3 is 2.21 bits per heavy atom. The van der Waals surface area contributed by atoms with Gasteiger partial charge >= 0.3 is 0 Å². The minimum Gasteiger partial charge on any atom is -0.508 e. The molecule has 0 aromatic heterocycles. The molecule has 1 saturated carbocycles. The van der Waals surface area contributed by atoms with Crippen LogP contribution in [-0.2, 0) is 5.41 Å². The Labute approximate surface area is 148 Å². The summed E-state index contributed by atoms with van der Waals surface area (Å²) in [4.78, 5) is 0. The Hall–Kier alpha value is -1.18. The molecule has 0 heterocycles. The summed E-state index contributed by atoms with van der Waals surface area (Å²) in [6, 6.07) is 3.83. The minimum absolute atomic E-state index is 0.0145. The summed E-state index contributed by atoms with van der Waals surface area (Å²) in [6.07, 6.45) is 10.8. The van der Waals surface area contributed by atoms with Gasteiger partial charge in [0.1, 0.15) is 11.5 Å². The lowest BCUT2D eigenvalue weighted by Crippen LogP contribution is -2.19. The van der Waals surface area contributed by atoms with Gasteiger partial charge in [0.2, 0.25) is 0 Å². The second-order valence-corrected chi connectivity index (χ2v) is 8.49. The summed E-state index contributed by atoms with van der Waals surface area (Å²) < 4.78 is 0. The molecular formula is C22H36O2. The highest BCUT2D eigenvalue weighted by Crippen LogP contribution is 2.46. The highest BCUT2D eigenvalue weighted by atomic mass is 16.3.